The molecule has 2 amide bonds. The molecule has 0 saturated carbocycles. The Balaban J connectivity index is 1.10. The van der Waals surface area contributed by atoms with Crippen LogP contribution in [0.3, 0.4) is 0 Å². The van der Waals surface area contributed by atoms with E-state index in [0.29, 0.717) is 43.2 Å². The molecule has 1 N–H and O–H groups in total. The molecule has 3 aromatic rings. The fourth-order valence-corrected chi connectivity index (χ4v) is 7.41. The summed E-state index contributed by atoms with van der Waals surface area (Å²) in [5.74, 6) is 0.876. The van der Waals surface area contributed by atoms with Gasteiger partial charge in [-0.1, -0.05) is 42.5 Å². The van der Waals surface area contributed by atoms with Gasteiger partial charge in [0, 0.05) is 25.2 Å². The van der Waals surface area contributed by atoms with Gasteiger partial charge in [0.2, 0.25) is 15.9 Å². The third-order valence-corrected chi connectivity index (χ3v) is 9.97. The van der Waals surface area contributed by atoms with Gasteiger partial charge >= 0.3 is 0 Å². The zero-order valence-electron chi connectivity index (χ0n) is 21.5. The van der Waals surface area contributed by atoms with Gasteiger partial charge in [0.25, 0.3) is 5.91 Å². The standard InChI is InChI=1S/C29H31N3O5S2/c33-27-21-38-29(32(27)20-22-6-2-1-3-7-22)24-10-8-23(9-11-24)28(34)30-16-19-37-25-12-14-26(15-13-25)39(35,36)31-17-4-5-18-31/h1-3,6-15,29H,4-5,16-21H2,(H,30,34)/t29-/m1/s1. The SMILES string of the molecule is O=C(NCCOc1ccc(S(=O)(=O)N2CCCC2)cc1)c1ccc([C@H]2SCC(=O)N2Cc2ccccc2)cc1. The van der Waals surface area contributed by atoms with E-state index in [2.05, 4.69) is 5.32 Å². The molecule has 0 spiro atoms. The second kappa shape index (κ2) is 12.2. The summed E-state index contributed by atoms with van der Waals surface area (Å²) in [5, 5.41) is 2.76. The maximum atomic E-state index is 12.6. The second-order valence-corrected chi connectivity index (χ2v) is 12.5. The number of amides is 2. The molecular formula is C29H31N3O5S2. The third kappa shape index (κ3) is 6.46. The summed E-state index contributed by atoms with van der Waals surface area (Å²) in [5.41, 5.74) is 2.59. The van der Waals surface area contributed by atoms with Crippen molar-refractivity contribution in [3.63, 3.8) is 0 Å². The summed E-state index contributed by atoms with van der Waals surface area (Å²) in [6, 6.07) is 23.6. The van der Waals surface area contributed by atoms with Gasteiger partial charge in [0.1, 0.15) is 17.7 Å². The number of hydrogen-bond donors (Lipinski definition) is 1. The van der Waals surface area contributed by atoms with Crippen molar-refractivity contribution in [2.24, 2.45) is 0 Å². The van der Waals surface area contributed by atoms with E-state index in [-0.39, 0.29) is 28.7 Å². The van der Waals surface area contributed by atoms with E-state index in [1.54, 1.807) is 48.2 Å². The van der Waals surface area contributed by atoms with Gasteiger partial charge in [-0.05, 0) is 60.4 Å². The molecule has 2 heterocycles. The molecule has 2 aliphatic rings. The molecule has 0 bridgehead atoms. The van der Waals surface area contributed by atoms with Crippen LogP contribution < -0.4 is 10.1 Å². The molecule has 0 aromatic heterocycles. The number of nitrogens with zero attached hydrogens (tertiary/aromatic N) is 2. The Kier molecular flexibility index (Phi) is 8.54. The summed E-state index contributed by atoms with van der Waals surface area (Å²) in [7, 11) is -3.45. The van der Waals surface area contributed by atoms with E-state index < -0.39 is 10.0 Å². The van der Waals surface area contributed by atoms with Crippen molar-refractivity contribution in [2.45, 2.75) is 29.7 Å². The monoisotopic (exact) mass is 565 g/mol. The number of rotatable bonds is 10. The Labute approximate surface area is 233 Å². The second-order valence-electron chi connectivity index (χ2n) is 9.48. The lowest BCUT2D eigenvalue weighted by atomic mass is 10.1. The lowest BCUT2D eigenvalue weighted by Gasteiger charge is -2.24. The summed E-state index contributed by atoms with van der Waals surface area (Å²) in [6.07, 6.45) is 1.79. The van der Waals surface area contributed by atoms with Crippen LogP contribution in [0.2, 0.25) is 0 Å². The van der Waals surface area contributed by atoms with Gasteiger partial charge in [-0.25, -0.2) is 8.42 Å². The van der Waals surface area contributed by atoms with Gasteiger partial charge in [-0.3, -0.25) is 9.59 Å². The van der Waals surface area contributed by atoms with Crippen LogP contribution in [0.1, 0.15) is 39.7 Å². The minimum absolute atomic E-state index is 0.0834. The number of hydrogen-bond acceptors (Lipinski definition) is 6. The summed E-state index contributed by atoms with van der Waals surface area (Å²) in [6.45, 7) is 2.23. The van der Waals surface area contributed by atoms with E-state index in [1.807, 2.05) is 47.4 Å². The third-order valence-electron chi connectivity index (χ3n) is 6.80. The molecule has 5 rings (SSSR count). The van der Waals surface area contributed by atoms with Crippen molar-refractivity contribution >= 4 is 33.6 Å². The van der Waals surface area contributed by atoms with E-state index >= 15 is 0 Å². The Hall–Kier alpha value is -3.34. The van der Waals surface area contributed by atoms with Crippen molar-refractivity contribution in [1.29, 1.82) is 0 Å². The average molecular weight is 566 g/mol. The number of carbonyl (C=O) groups is 2. The van der Waals surface area contributed by atoms with E-state index in [0.717, 1.165) is 24.0 Å². The molecule has 0 radical (unpaired) electrons. The number of benzene rings is 3. The predicted octanol–water partition coefficient (Wildman–Crippen LogP) is 4.05. The van der Waals surface area contributed by atoms with E-state index in [4.69, 9.17) is 4.74 Å². The molecule has 204 valence electrons. The van der Waals surface area contributed by atoms with Crippen molar-refractivity contribution < 1.29 is 22.7 Å². The first-order valence-electron chi connectivity index (χ1n) is 13.0. The molecule has 39 heavy (non-hydrogen) atoms. The van der Waals surface area contributed by atoms with Crippen LogP contribution in [0.4, 0.5) is 0 Å². The van der Waals surface area contributed by atoms with Crippen LogP contribution in [-0.2, 0) is 21.4 Å². The highest BCUT2D eigenvalue weighted by atomic mass is 32.2. The maximum absolute atomic E-state index is 12.6. The number of thioether (sulfide) groups is 1. The number of ether oxygens (including phenoxy) is 1. The Morgan fingerprint density at radius 2 is 1.64 bits per heavy atom. The Bertz CT molecular complexity index is 1390. The van der Waals surface area contributed by atoms with Crippen LogP contribution in [-0.4, -0.2) is 61.4 Å². The van der Waals surface area contributed by atoms with Gasteiger partial charge < -0.3 is 15.0 Å². The van der Waals surface area contributed by atoms with E-state index in [1.165, 1.54) is 4.31 Å². The molecular weight excluding hydrogens is 534 g/mol. The fraction of sp³-hybridized carbons (Fsp3) is 0.310. The predicted molar refractivity (Wildman–Crippen MR) is 151 cm³/mol. The number of carbonyl (C=O) groups excluding carboxylic acids is 2. The highest BCUT2D eigenvalue weighted by molar-refractivity contribution is 8.00. The maximum Gasteiger partial charge on any atom is 0.251 e. The van der Waals surface area contributed by atoms with Crippen LogP contribution in [0.15, 0.2) is 83.8 Å². The molecule has 2 aliphatic heterocycles. The zero-order chi connectivity index (χ0) is 27.2. The summed E-state index contributed by atoms with van der Waals surface area (Å²) >= 11 is 1.59. The van der Waals surface area contributed by atoms with Gasteiger partial charge in [0.05, 0.1) is 17.2 Å². The molecule has 0 aliphatic carbocycles. The first-order chi connectivity index (χ1) is 18.9. The Morgan fingerprint density at radius 3 is 2.33 bits per heavy atom. The summed E-state index contributed by atoms with van der Waals surface area (Å²) in [4.78, 5) is 27.3. The normalized spacial score (nSPS) is 17.9. The van der Waals surface area contributed by atoms with Crippen LogP contribution in [0.5, 0.6) is 5.75 Å². The average Bonchev–Trinajstić information content (AvgIpc) is 3.63. The molecule has 2 saturated heterocycles. The first kappa shape index (κ1) is 27.2. The Morgan fingerprint density at radius 1 is 0.949 bits per heavy atom. The number of sulfonamides is 1. The van der Waals surface area contributed by atoms with Crippen molar-refractivity contribution in [1.82, 2.24) is 14.5 Å². The lowest BCUT2D eigenvalue weighted by molar-refractivity contribution is -0.128. The first-order valence-corrected chi connectivity index (χ1v) is 15.5. The van der Waals surface area contributed by atoms with Crippen molar-refractivity contribution in [2.75, 3.05) is 32.0 Å². The van der Waals surface area contributed by atoms with Crippen LogP contribution >= 0.6 is 11.8 Å². The molecule has 1 atom stereocenters. The van der Waals surface area contributed by atoms with Gasteiger partial charge in [-0.15, -0.1) is 11.8 Å². The molecule has 2 fully saturated rings. The van der Waals surface area contributed by atoms with Crippen molar-refractivity contribution in [3.05, 3.63) is 95.6 Å². The lowest BCUT2D eigenvalue weighted by Crippen LogP contribution is -2.29. The molecule has 8 nitrogen and oxygen atoms in total. The van der Waals surface area contributed by atoms with Crippen LogP contribution in [0, 0.1) is 0 Å². The quantitative estimate of drug-likeness (QED) is 0.373. The van der Waals surface area contributed by atoms with E-state index in [9.17, 15) is 18.0 Å². The van der Waals surface area contributed by atoms with Gasteiger partial charge in [0.15, 0.2) is 0 Å². The highest BCUT2D eigenvalue weighted by Crippen LogP contribution is 2.39. The topological polar surface area (TPSA) is 96.0 Å². The van der Waals surface area contributed by atoms with Crippen molar-refractivity contribution in [3.8, 4) is 5.75 Å². The molecule has 0 unspecified atom stereocenters. The highest BCUT2D eigenvalue weighted by Gasteiger charge is 2.33. The zero-order valence-corrected chi connectivity index (χ0v) is 23.1. The minimum Gasteiger partial charge on any atom is -0.492 e. The van der Waals surface area contributed by atoms with Crippen LogP contribution in [0.25, 0.3) is 0 Å². The largest absolute Gasteiger partial charge is 0.492 e. The molecule has 3 aromatic carbocycles. The van der Waals surface area contributed by atoms with Gasteiger partial charge in [-0.2, -0.15) is 4.31 Å². The number of nitrogens with one attached hydrogen (secondary N) is 1. The fourth-order valence-electron chi connectivity index (χ4n) is 4.70. The summed E-state index contributed by atoms with van der Waals surface area (Å²) < 4.78 is 32.5. The smallest absolute Gasteiger partial charge is 0.251 e. The minimum atomic E-state index is -3.45. The molecule has 10 heteroatoms.